The number of nitrogens with one attached hydrogen (secondary N) is 1. The lowest BCUT2D eigenvalue weighted by Gasteiger charge is -2.11. The molecule has 0 aliphatic heterocycles. The van der Waals surface area contributed by atoms with Crippen LogP contribution in [0.15, 0.2) is 24.3 Å². The first-order chi connectivity index (χ1) is 10.1. The van der Waals surface area contributed by atoms with E-state index in [2.05, 4.69) is 29.1 Å². The Kier molecular flexibility index (Phi) is 5.26. The lowest BCUT2D eigenvalue weighted by molar-refractivity contribution is 0.627. The summed E-state index contributed by atoms with van der Waals surface area (Å²) >= 11 is 0. The molecule has 0 bridgehead atoms. The molecule has 1 aromatic carbocycles. The zero-order chi connectivity index (χ0) is 15.2. The Balaban J connectivity index is 2.45. The highest BCUT2D eigenvalue weighted by atomic mass is 19.1. The Morgan fingerprint density at radius 1 is 1.10 bits per heavy atom. The van der Waals surface area contributed by atoms with Gasteiger partial charge in [-0.1, -0.05) is 26.3 Å². The van der Waals surface area contributed by atoms with E-state index in [1.165, 1.54) is 12.1 Å². The van der Waals surface area contributed by atoms with Gasteiger partial charge in [0.25, 0.3) is 0 Å². The maximum atomic E-state index is 13.5. The number of nitrogens with zero attached hydrogens (tertiary/aromatic N) is 2. The first-order valence-corrected chi connectivity index (χ1v) is 7.52. The van der Waals surface area contributed by atoms with Crippen LogP contribution in [0.2, 0.25) is 0 Å². The van der Waals surface area contributed by atoms with E-state index in [0.29, 0.717) is 5.82 Å². The Morgan fingerprint density at radius 3 is 2.62 bits per heavy atom. The molecule has 0 atom stereocenters. The molecule has 0 saturated heterocycles. The van der Waals surface area contributed by atoms with Crippen LogP contribution in [0.25, 0.3) is 11.4 Å². The fourth-order valence-corrected chi connectivity index (χ4v) is 2.18. The molecular formula is C17H22FN3. The second kappa shape index (κ2) is 7.16. The average molecular weight is 287 g/mol. The quantitative estimate of drug-likeness (QED) is 0.857. The molecule has 1 aromatic heterocycles. The van der Waals surface area contributed by atoms with Crippen LogP contribution in [0.5, 0.6) is 0 Å². The van der Waals surface area contributed by atoms with Crippen LogP contribution in [-0.2, 0) is 6.42 Å². The fourth-order valence-electron chi connectivity index (χ4n) is 2.18. The molecule has 0 radical (unpaired) electrons. The molecule has 0 spiro atoms. The number of anilines is 1. The van der Waals surface area contributed by atoms with Crippen molar-refractivity contribution in [2.75, 3.05) is 11.9 Å². The van der Waals surface area contributed by atoms with Crippen LogP contribution in [0.4, 0.5) is 10.2 Å². The van der Waals surface area contributed by atoms with Crippen molar-refractivity contribution in [3.8, 4) is 11.4 Å². The Morgan fingerprint density at radius 2 is 1.90 bits per heavy atom. The topological polar surface area (TPSA) is 37.8 Å². The summed E-state index contributed by atoms with van der Waals surface area (Å²) < 4.78 is 13.5. The van der Waals surface area contributed by atoms with Gasteiger partial charge in [0.2, 0.25) is 0 Å². The highest BCUT2D eigenvalue weighted by Crippen LogP contribution is 2.23. The number of halogens is 1. The highest BCUT2D eigenvalue weighted by molar-refractivity contribution is 5.62. The molecule has 0 aliphatic rings. The van der Waals surface area contributed by atoms with Crippen LogP contribution in [0.1, 0.15) is 37.9 Å². The van der Waals surface area contributed by atoms with Crippen molar-refractivity contribution in [3.05, 3.63) is 41.3 Å². The molecule has 3 nitrogen and oxygen atoms in total. The van der Waals surface area contributed by atoms with Gasteiger partial charge in [-0.15, -0.1) is 0 Å². The number of aromatic nitrogens is 2. The summed E-state index contributed by atoms with van der Waals surface area (Å²) in [6.07, 6.45) is 2.94. The lowest BCUT2D eigenvalue weighted by Crippen LogP contribution is -2.06. The van der Waals surface area contributed by atoms with Gasteiger partial charge in [0.1, 0.15) is 11.6 Å². The molecule has 4 heteroatoms. The first kappa shape index (κ1) is 15.4. The first-order valence-electron chi connectivity index (χ1n) is 7.52. The monoisotopic (exact) mass is 287 g/mol. The molecule has 2 rings (SSSR count). The molecule has 0 fully saturated rings. The number of benzene rings is 1. The van der Waals surface area contributed by atoms with Crippen LogP contribution in [0, 0.1) is 12.7 Å². The van der Waals surface area contributed by atoms with Crippen molar-refractivity contribution < 1.29 is 4.39 Å². The van der Waals surface area contributed by atoms with Crippen molar-refractivity contribution in [2.45, 2.75) is 40.0 Å². The zero-order valence-corrected chi connectivity index (χ0v) is 12.9. The third-order valence-electron chi connectivity index (χ3n) is 3.28. The number of rotatable bonds is 6. The molecule has 21 heavy (non-hydrogen) atoms. The summed E-state index contributed by atoms with van der Waals surface area (Å²) in [7, 11) is 0. The molecule has 112 valence electrons. The largest absolute Gasteiger partial charge is 0.370 e. The van der Waals surface area contributed by atoms with Gasteiger partial charge in [-0.05, 0) is 37.5 Å². The van der Waals surface area contributed by atoms with Gasteiger partial charge in [0.15, 0.2) is 5.82 Å². The minimum Gasteiger partial charge on any atom is -0.370 e. The van der Waals surface area contributed by atoms with Gasteiger partial charge < -0.3 is 5.32 Å². The molecular weight excluding hydrogens is 265 g/mol. The SMILES string of the molecule is CCCNc1cc(CCC)nc(-c2cc(F)ccc2C)n1. The predicted molar refractivity (Wildman–Crippen MR) is 84.9 cm³/mol. The van der Waals surface area contributed by atoms with Crippen LogP contribution in [0.3, 0.4) is 0 Å². The average Bonchev–Trinajstić information content (AvgIpc) is 2.48. The summed E-state index contributed by atoms with van der Waals surface area (Å²) in [4.78, 5) is 9.12. The maximum absolute atomic E-state index is 13.5. The van der Waals surface area contributed by atoms with Gasteiger partial charge in [-0.25, -0.2) is 14.4 Å². The third kappa shape index (κ3) is 4.00. The molecule has 1 heterocycles. The number of hydrogen-bond donors (Lipinski definition) is 1. The van der Waals surface area contributed by atoms with E-state index in [9.17, 15) is 4.39 Å². The van der Waals surface area contributed by atoms with E-state index in [-0.39, 0.29) is 5.82 Å². The maximum Gasteiger partial charge on any atom is 0.162 e. The smallest absolute Gasteiger partial charge is 0.162 e. The minimum atomic E-state index is -0.261. The molecule has 2 aromatic rings. The van der Waals surface area contributed by atoms with Crippen molar-refractivity contribution in [2.24, 2.45) is 0 Å². The second-order valence-corrected chi connectivity index (χ2v) is 5.20. The molecule has 0 saturated carbocycles. The summed E-state index contributed by atoms with van der Waals surface area (Å²) in [5.74, 6) is 1.15. The number of hydrogen-bond acceptors (Lipinski definition) is 3. The van der Waals surface area contributed by atoms with Crippen molar-refractivity contribution in [1.82, 2.24) is 9.97 Å². The van der Waals surface area contributed by atoms with Gasteiger partial charge in [-0.2, -0.15) is 0 Å². The van der Waals surface area contributed by atoms with E-state index < -0.39 is 0 Å². The van der Waals surface area contributed by atoms with Crippen molar-refractivity contribution >= 4 is 5.82 Å². The standard InChI is InChI=1S/C17H22FN3/c1-4-6-14-11-16(19-9-5-2)21-17(20-14)15-10-13(18)8-7-12(15)3/h7-8,10-11H,4-6,9H2,1-3H3,(H,19,20,21). The van der Waals surface area contributed by atoms with E-state index in [0.717, 1.165) is 48.4 Å². The minimum absolute atomic E-state index is 0.261. The van der Waals surface area contributed by atoms with E-state index in [1.807, 2.05) is 13.0 Å². The van der Waals surface area contributed by atoms with Gasteiger partial charge in [-0.3, -0.25) is 0 Å². The van der Waals surface area contributed by atoms with Crippen LogP contribution < -0.4 is 5.32 Å². The molecule has 0 unspecified atom stereocenters. The van der Waals surface area contributed by atoms with Gasteiger partial charge in [0.05, 0.1) is 0 Å². The number of aryl methyl sites for hydroxylation is 2. The van der Waals surface area contributed by atoms with E-state index in [1.54, 1.807) is 6.07 Å². The summed E-state index contributed by atoms with van der Waals surface area (Å²) in [5.41, 5.74) is 2.73. The normalized spacial score (nSPS) is 10.7. The third-order valence-corrected chi connectivity index (χ3v) is 3.28. The summed E-state index contributed by atoms with van der Waals surface area (Å²) in [5, 5.41) is 3.29. The van der Waals surface area contributed by atoms with Crippen LogP contribution in [-0.4, -0.2) is 16.5 Å². The molecule has 0 amide bonds. The van der Waals surface area contributed by atoms with Crippen LogP contribution >= 0.6 is 0 Å². The highest BCUT2D eigenvalue weighted by Gasteiger charge is 2.10. The van der Waals surface area contributed by atoms with Crippen molar-refractivity contribution in [3.63, 3.8) is 0 Å². The second-order valence-electron chi connectivity index (χ2n) is 5.20. The van der Waals surface area contributed by atoms with E-state index >= 15 is 0 Å². The molecule has 0 aliphatic carbocycles. The fraction of sp³-hybridized carbons (Fsp3) is 0.412. The Bertz CT molecular complexity index is 611. The van der Waals surface area contributed by atoms with Gasteiger partial charge >= 0.3 is 0 Å². The summed E-state index contributed by atoms with van der Waals surface area (Å²) in [6.45, 7) is 7.04. The molecule has 1 N–H and O–H groups in total. The zero-order valence-electron chi connectivity index (χ0n) is 12.9. The van der Waals surface area contributed by atoms with Gasteiger partial charge in [0, 0.05) is 23.9 Å². The Hall–Kier alpha value is -1.97. The Labute approximate surface area is 125 Å². The lowest BCUT2D eigenvalue weighted by atomic mass is 10.1. The van der Waals surface area contributed by atoms with E-state index in [4.69, 9.17) is 0 Å². The van der Waals surface area contributed by atoms with Crippen molar-refractivity contribution in [1.29, 1.82) is 0 Å². The predicted octanol–water partition coefficient (Wildman–Crippen LogP) is 4.37. The summed E-state index contributed by atoms with van der Waals surface area (Å²) in [6, 6.07) is 6.71.